The van der Waals surface area contributed by atoms with Crippen molar-refractivity contribution < 1.29 is 13.2 Å². The summed E-state index contributed by atoms with van der Waals surface area (Å²) in [6, 6.07) is 12.5. The number of sulfonamides is 1. The fourth-order valence-corrected chi connectivity index (χ4v) is 3.93. The van der Waals surface area contributed by atoms with Crippen LogP contribution >= 0.6 is 11.6 Å². The molecule has 28 heavy (non-hydrogen) atoms. The molecule has 1 heterocycles. The minimum atomic E-state index is -3.33. The Hall–Kier alpha value is -2.25. The molecule has 1 saturated heterocycles. The van der Waals surface area contributed by atoms with Gasteiger partial charge >= 0.3 is 0 Å². The number of rotatable bonds is 4. The summed E-state index contributed by atoms with van der Waals surface area (Å²) in [7, 11) is -1.84. The summed E-state index contributed by atoms with van der Waals surface area (Å²) in [4.78, 5) is 16.9. The molecule has 2 aromatic rings. The number of piperazine rings is 1. The van der Waals surface area contributed by atoms with E-state index in [4.69, 9.17) is 11.6 Å². The van der Waals surface area contributed by atoms with Crippen LogP contribution in [-0.2, 0) is 10.0 Å². The van der Waals surface area contributed by atoms with Gasteiger partial charge in [-0.25, -0.2) is 8.42 Å². The summed E-state index contributed by atoms with van der Waals surface area (Å²) >= 11 is 6.13. The monoisotopic (exact) mass is 421 g/mol. The lowest BCUT2D eigenvalue weighted by Gasteiger charge is -2.37. The van der Waals surface area contributed by atoms with E-state index in [2.05, 4.69) is 11.8 Å². The zero-order chi connectivity index (χ0) is 20.5. The highest BCUT2D eigenvalue weighted by atomic mass is 35.5. The lowest BCUT2D eigenvalue weighted by atomic mass is 10.1. The second kappa shape index (κ2) is 8.01. The summed E-state index contributed by atoms with van der Waals surface area (Å²) in [5.74, 6) is -0.0453. The first-order valence-electron chi connectivity index (χ1n) is 9.01. The molecule has 1 aliphatic heterocycles. The van der Waals surface area contributed by atoms with E-state index in [1.165, 1.54) is 11.4 Å². The Bertz CT molecular complexity index is 969. The van der Waals surface area contributed by atoms with E-state index in [1.807, 2.05) is 23.1 Å². The molecule has 1 aliphatic rings. The summed E-state index contributed by atoms with van der Waals surface area (Å²) < 4.78 is 24.4. The molecular weight excluding hydrogens is 398 g/mol. The molecule has 3 rings (SSSR count). The molecule has 1 amide bonds. The number of hydrogen-bond donors (Lipinski definition) is 0. The predicted molar refractivity (Wildman–Crippen MR) is 114 cm³/mol. The molecule has 0 unspecified atom stereocenters. The van der Waals surface area contributed by atoms with Gasteiger partial charge in [-0.2, -0.15) is 0 Å². The SMILES string of the molecule is Cc1ccc(Cl)cc1N1CCN(C(=O)c2ccc(N(C)S(C)(=O)=O)cc2)CC1. The van der Waals surface area contributed by atoms with Gasteiger partial charge in [0.05, 0.1) is 11.9 Å². The molecule has 0 atom stereocenters. The fourth-order valence-electron chi connectivity index (χ4n) is 3.26. The number of carbonyl (C=O) groups excluding carboxylic acids is 1. The quantitative estimate of drug-likeness (QED) is 0.761. The van der Waals surface area contributed by atoms with E-state index in [1.54, 1.807) is 24.3 Å². The van der Waals surface area contributed by atoms with Crippen LogP contribution in [-0.4, -0.2) is 58.7 Å². The lowest BCUT2D eigenvalue weighted by molar-refractivity contribution is 0.0747. The van der Waals surface area contributed by atoms with Gasteiger partial charge in [0.25, 0.3) is 5.91 Å². The third-order valence-electron chi connectivity index (χ3n) is 5.05. The van der Waals surface area contributed by atoms with Gasteiger partial charge in [-0.3, -0.25) is 9.10 Å². The topological polar surface area (TPSA) is 60.9 Å². The Balaban J connectivity index is 1.66. The van der Waals surface area contributed by atoms with Crippen LogP contribution in [0.25, 0.3) is 0 Å². The third-order valence-corrected chi connectivity index (χ3v) is 6.49. The van der Waals surface area contributed by atoms with Gasteiger partial charge in [0.15, 0.2) is 0 Å². The molecule has 0 spiro atoms. The first-order chi connectivity index (χ1) is 13.2. The van der Waals surface area contributed by atoms with Crippen molar-refractivity contribution in [2.75, 3.05) is 48.7 Å². The number of halogens is 1. The number of benzene rings is 2. The number of hydrogen-bond acceptors (Lipinski definition) is 4. The van der Waals surface area contributed by atoms with Gasteiger partial charge in [-0.05, 0) is 48.9 Å². The Labute approximate surface area is 171 Å². The molecule has 2 aromatic carbocycles. The molecule has 0 radical (unpaired) electrons. The summed E-state index contributed by atoms with van der Waals surface area (Å²) in [6.45, 7) is 4.77. The molecule has 6 nitrogen and oxygen atoms in total. The molecule has 8 heteroatoms. The minimum absolute atomic E-state index is 0.0453. The average molecular weight is 422 g/mol. The van der Waals surface area contributed by atoms with Crippen LogP contribution in [0.5, 0.6) is 0 Å². The van der Waals surface area contributed by atoms with E-state index < -0.39 is 10.0 Å². The molecule has 0 bridgehead atoms. The first-order valence-corrected chi connectivity index (χ1v) is 11.2. The normalized spacial score (nSPS) is 14.9. The summed E-state index contributed by atoms with van der Waals surface area (Å²) in [5, 5.41) is 0.707. The second-order valence-electron chi connectivity index (χ2n) is 6.99. The molecule has 1 fully saturated rings. The maximum absolute atomic E-state index is 12.8. The smallest absolute Gasteiger partial charge is 0.253 e. The highest BCUT2D eigenvalue weighted by Gasteiger charge is 2.23. The second-order valence-corrected chi connectivity index (χ2v) is 9.44. The van der Waals surface area contributed by atoms with E-state index in [-0.39, 0.29) is 5.91 Å². The van der Waals surface area contributed by atoms with Crippen molar-refractivity contribution in [1.82, 2.24) is 4.90 Å². The first kappa shape index (κ1) is 20.5. The van der Waals surface area contributed by atoms with Crippen molar-refractivity contribution >= 4 is 38.9 Å². The highest BCUT2D eigenvalue weighted by Crippen LogP contribution is 2.26. The number of carbonyl (C=O) groups is 1. The summed E-state index contributed by atoms with van der Waals surface area (Å²) in [6.07, 6.45) is 1.15. The molecule has 0 aliphatic carbocycles. The Morgan fingerprint density at radius 2 is 1.64 bits per heavy atom. The Morgan fingerprint density at radius 1 is 1.04 bits per heavy atom. The van der Waals surface area contributed by atoms with Crippen molar-refractivity contribution in [3.63, 3.8) is 0 Å². The zero-order valence-electron chi connectivity index (χ0n) is 16.2. The number of nitrogens with zero attached hydrogens (tertiary/aromatic N) is 3. The van der Waals surface area contributed by atoms with Gasteiger partial charge < -0.3 is 9.80 Å². The number of amides is 1. The van der Waals surface area contributed by atoms with Crippen LogP contribution in [0, 0.1) is 6.92 Å². The number of aryl methyl sites for hydroxylation is 1. The van der Waals surface area contributed by atoms with Crippen molar-refractivity contribution in [3.05, 3.63) is 58.6 Å². The van der Waals surface area contributed by atoms with Crippen LogP contribution in [0.15, 0.2) is 42.5 Å². The molecule has 0 saturated carbocycles. The van der Waals surface area contributed by atoms with Gasteiger partial charge in [0.2, 0.25) is 10.0 Å². The average Bonchev–Trinajstić information content (AvgIpc) is 2.68. The molecule has 0 N–H and O–H groups in total. The van der Waals surface area contributed by atoms with Crippen molar-refractivity contribution in [2.24, 2.45) is 0 Å². The molecule has 150 valence electrons. The van der Waals surface area contributed by atoms with Crippen molar-refractivity contribution in [1.29, 1.82) is 0 Å². The van der Waals surface area contributed by atoms with Crippen LogP contribution in [0.3, 0.4) is 0 Å². The van der Waals surface area contributed by atoms with Crippen molar-refractivity contribution in [2.45, 2.75) is 6.92 Å². The van der Waals surface area contributed by atoms with Crippen LogP contribution in [0.4, 0.5) is 11.4 Å². The van der Waals surface area contributed by atoms with E-state index in [9.17, 15) is 13.2 Å². The fraction of sp³-hybridized carbons (Fsp3) is 0.350. The van der Waals surface area contributed by atoms with E-state index >= 15 is 0 Å². The third kappa shape index (κ3) is 4.42. The molecule has 0 aromatic heterocycles. The predicted octanol–water partition coefficient (Wildman–Crippen LogP) is 3.01. The van der Waals surface area contributed by atoms with Gasteiger partial charge in [0, 0.05) is 49.5 Å². The maximum Gasteiger partial charge on any atom is 0.253 e. The Morgan fingerprint density at radius 3 is 2.21 bits per heavy atom. The lowest BCUT2D eigenvalue weighted by Crippen LogP contribution is -2.49. The van der Waals surface area contributed by atoms with Gasteiger partial charge in [-0.15, -0.1) is 0 Å². The molecular formula is C20H24ClN3O3S. The standard InChI is InChI=1S/C20H24ClN3O3S/c1-15-4-7-17(21)14-19(15)23-10-12-24(13-11-23)20(25)16-5-8-18(9-6-16)22(2)28(3,26)27/h4-9,14H,10-13H2,1-3H3. The Kier molecular flexibility index (Phi) is 5.86. The van der Waals surface area contributed by atoms with Crippen molar-refractivity contribution in [3.8, 4) is 0 Å². The zero-order valence-corrected chi connectivity index (χ0v) is 17.8. The van der Waals surface area contributed by atoms with E-state index in [0.717, 1.165) is 30.6 Å². The van der Waals surface area contributed by atoms with Crippen LogP contribution in [0.2, 0.25) is 5.02 Å². The van der Waals surface area contributed by atoms with Crippen LogP contribution in [0.1, 0.15) is 15.9 Å². The highest BCUT2D eigenvalue weighted by molar-refractivity contribution is 7.92. The maximum atomic E-state index is 12.8. The number of anilines is 2. The van der Waals surface area contributed by atoms with Gasteiger partial charge in [-0.1, -0.05) is 17.7 Å². The summed E-state index contributed by atoms with van der Waals surface area (Å²) in [5.41, 5.74) is 3.35. The van der Waals surface area contributed by atoms with E-state index in [0.29, 0.717) is 29.4 Å². The largest absolute Gasteiger partial charge is 0.368 e. The van der Waals surface area contributed by atoms with Crippen LogP contribution < -0.4 is 9.21 Å². The minimum Gasteiger partial charge on any atom is -0.368 e. The van der Waals surface area contributed by atoms with Gasteiger partial charge in [0.1, 0.15) is 0 Å².